The molecule has 0 amide bonds. The number of hydrogen-bond donors (Lipinski definition) is 0. The fourth-order valence-electron chi connectivity index (χ4n) is 5.08. The minimum Gasteiger partial charge on any atom is -0.308 e. The van der Waals surface area contributed by atoms with Crippen LogP contribution in [0.3, 0.4) is 0 Å². The van der Waals surface area contributed by atoms with Crippen LogP contribution in [-0.2, 0) is 5.41 Å². The molecule has 27 heavy (non-hydrogen) atoms. The molecule has 134 valence electrons. The maximum atomic E-state index is 2.53. The molecule has 0 saturated carbocycles. The Morgan fingerprint density at radius 1 is 0.815 bits per heavy atom. The monoisotopic (exact) mass is 351 g/mol. The van der Waals surface area contributed by atoms with Gasteiger partial charge in [0.05, 0.1) is 16.7 Å². The number of hydrogen-bond acceptors (Lipinski definition) is 0. The van der Waals surface area contributed by atoms with Gasteiger partial charge in [0.15, 0.2) is 0 Å². The summed E-state index contributed by atoms with van der Waals surface area (Å²) in [7, 11) is 0. The van der Waals surface area contributed by atoms with Crippen LogP contribution in [0.1, 0.15) is 43.9 Å². The van der Waals surface area contributed by atoms with E-state index in [0.29, 0.717) is 0 Å². The molecule has 3 aromatic carbocycles. The molecule has 2 heterocycles. The molecule has 0 bridgehead atoms. The topological polar surface area (TPSA) is 4.93 Å². The third kappa shape index (κ3) is 2.06. The van der Waals surface area contributed by atoms with Crippen molar-refractivity contribution in [1.29, 1.82) is 0 Å². The molecule has 1 nitrogen and oxygen atoms in total. The molecule has 0 saturated heterocycles. The second-order valence-electron chi connectivity index (χ2n) is 8.17. The molecule has 0 fully saturated rings. The zero-order valence-electron chi connectivity index (χ0n) is 16.5. The van der Waals surface area contributed by atoms with Crippen LogP contribution >= 0.6 is 0 Å². The molecule has 0 N–H and O–H groups in total. The van der Waals surface area contributed by atoms with E-state index in [1.807, 2.05) is 0 Å². The number of nitrogens with zero attached hydrogens (tertiary/aromatic N) is 1. The first-order chi connectivity index (χ1) is 13.1. The quantitative estimate of drug-likeness (QED) is 0.364. The molecule has 0 aliphatic carbocycles. The van der Waals surface area contributed by atoms with E-state index in [0.717, 1.165) is 6.42 Å². The van der Waals surface area contributed by atoms with Crippen molar-refractivity contribution in [3.05, 3.63) is 89.0 Å². The van der Waals surface area contributed by atoms with Crippen LogP contribution in [0.25, 0.3) is 27.5 Å². The summed E-state index contributed by atoms with van der Waals surface area (Å²) in [5.41, 5.74) is 9.70. The Morgan fingerprint density at radius 2 is 1.52 bits per heavy atom. The molecule has 0 radical (unpaired) electrons. The Balaban J connectivity index is 2.06. The molecule has 1 heteroatoms. The largest absolute Gasteiger partial charge is 0.308 e. The maximum Gasteiger partial charge on any atom is 0.0582 e. The van der Waals surface area contributed by atoms with Gasteiger partial charge in [-0.3, -0.25) is 0 Å². The molecular weight excluding hydrogens is 326 g/mol. The lowest BCUT2D eigenvalue weighted by molar-refractivity contribution is 0.596. The van der Waals surface area contributed by atoms with E-state index in [4.69, 9.17) is 0 Å². The minimum absolute atomic E-state index is 0.0102. The molecule has 0 spiro atoms. The fourth-order valence-corrected chi connectivity index (χ4v) is 5.08. The van der Waals surface area contributed by atoms with Crippen LogP contribution in [-0.4, -0.2) is 4.57 Å². The average Bonchev–Trinajstić information content (AvgIpc) is 3.00. The van der Waals surface area contributed by atoms with Gasteiger partial charge < -0.3 is 4.57 Å². The van der Waals surface area contributed by atoms with Crippen molar-refractivity contribution in [1.82, 2.24) is 4.57 Å². The molecule has 0 atom stereocenters. The first-order valence-electron chi connectivity index (χ1n) is 9.88. The summed E-state index contributed by atoms with van der Waals surface area (Å²) in [5.74, 6) is 0. The average molecular weight is 351 g/mol. The Morgan fingerprint density at radius 3 is 2.30 bits per heavy atom. The highest BCUT2D eigenvalue weighted by molar-refractivity contribution is 6.13. The van der Waals surface area contributed by atoms with Gasteiger partial charge in [0, 0.05) is 21.8 Å². The van der Waals surface area contributed by atoms with Crippen LogP contribution in [0.4, 0.5) is 0 Å². The second-order valence-corrected chi connectivity index (χ2v) is 8.17. The van der Waals surface area contributed by atoms with Gasteiger partial charge in [0.2, 0.25) is 0 Å². The SMILES string of the molecule is CCC1=C(c2ccccc2C)n2c3ccccc3c3cccc(c32)C1(C)C. The molecule has 0 unspecified atom stereocenters. The van der Waals surface area contributed by atoms with Crippen molar-refractivity contribution in [2.45, 2.75) is 39.5 Å². The molecule has 1 aliphatic rings. The first-order valence-corrected chi connectivity index (χ1v) is 9.88. The van der Waals surface area contributed by atoms with Gasteiger partial charge in [-0.05, 0) is 36.1 Å². The predicted molar refractivity (Wildman–Crippen MR) is 116 cm³/mol. The molecule has 1 aromatic heterocycles. The van der Waals surface area contributed by atoms with Gasteiger partial charge >= 0.3 is 0 Å². The number of rotatable bonds is 2. The molecule has 4 aromatic rings. The standard InChI is InChI=1S/C26H25N/c1-5-21-24(18-12-7-6-11-17(18)2)27-23-16-9-8-13-19(23)20-14-10-15-22(25(20)27)26(21,3)4/h6-16H,5H2,1-4H3. The van der Waals surface area contributed by atoms with Crippen molar-refractivity contribution >= 4 is 27.5 Å². The van der Waals surface area contributed by atoms with E-state index in [1.54, 1.807) is 0 Å². The Kier molecular flexibility index (Phi) is 3.40. The van der Waals surface area contributed by atoms with Crippen LogP contribution in [0, 0.1) is 6.92 Å². The third-order valence-electron chi connectivity index (χ3n) is 6.39. The van der Waals surface area contributed by atoms with Gasteiger partial charge in [-0.25, -0.2) is 0 Å². The van der Waals surface area contributed by atoms with E-state index in [-0.39, 0.29) is 5.41 Å². The summed E-state index contributed by atoms with van der Waals surface area (Å²) in [6.07, 6.45) is 1.04. The first kappa shape index (κ1) is 16.4. The zero-order valence-corrected chi connectivity index (χ0v) is 16.5. The maximum absolute atomic E-state index is 2.53. The van der Waals surface area contributed by atoms with Crippen molar-refractivity contribution in [3.8, 4) is 0 Å². The van der Waals surface area contributed by atoms with Gasteiger partial charge in [-0.2, -0.15) is 0 Å². The number of allylic oxidation sites excluding steroid dienone is 1. The Hall–Kier alpha value is -2.80. The minimum atomic E-state index is 0.0102. The highest BCUT2D eigenvalue weighted by Gasteiger charge is 2.36. The zero-order chi connectivity index (χ0) is 18.8. The van der Waals surface area contributed by atoms with E-state index < -0.39 is 0 Å². The van der Waals surface area contributed by atoms with Crippen molar-refractivity contribution in [3.63, 3.8) is 0 Å². The summed E-state index contributed by atoms with van der Waals surface area (Å²) in [4.78, 5) is 0. The normalized spacial score (nSPS) is 15.7. The summed E-state index contributed by atoms with van der Waals surface area (Å²) < 4.78 is 2.53. The highest BCUT2D eigenvalue weighted by atomic mass is 15.0. The van der Waals surface area contributed by atoms with Crippen LogP contribution in [0.2, 0.25) is 0 Å². The van der Waals surface area contributed by atoms with Crippen molar-refractivity contribution in [2.75, 3.05) is 0 Å². The third-order valence-corrected chi connectivity index (χ3v) is 6.39. The number of para-hydroxylation sites is 2. The highest BCUT2D eigenvalue weighted by Crippen LogP contribution is 2.49. The number of aryl methyl sites for hydroxylation is 1. The van der Waals surface area contributed by atoms with E-state index >= 15 is 0 Å². The lowest BCUT2D eigenvalue weighted by atomic mass is 9.72. The fraction of sp³-hybridized carbons (Fsp3) is 0.231. The number of fused-ring (bicyclic) bond motifs is 3. The van der Waals surface area contributed by atoms with Gasteiger partial charge in [0.1, 0.15) is 0 Å². The summed E-state index contributed by atoms with van der Waals surface area (Å²) in [6.45, 7) is 9.30. The summed E-state index contributed by atoms with van der Waals surface area (Å²) >= 11 is 0. The van der Waals surface area contributed by atoms with Gasteiger partial charge in [0.25, 0.3) is 0 Å². The van der Waals surface area contributed by atoms with Crippen LogP contribution in [0.15, 0.2) is 72.3 Å². The van der Waals surface area contributed by atoms with Gasteiger partial charge in [-0.15, -0.1) is 0 Å². The van der Waals surface area contributed by atoms with Crippen molar-refractivity contribution in [2.24, 2.45) is 0 Å². The molecule has 5 rings (SSSR count). The molecular formula is C26H25N. The van der Waals surface area contributed by atoms with Crippen LogP contribution < -0.4 is 0 Å². The smallest absolute Gasteiger partial charge is 0.0582 e. The van der Waals surface area contributed by atoms with E-state index in [2.05, 4.69) is 99.0 Å². The second kappa shape index (κ2) is 5.60. The molecule has 1 aliphatic heterocycles. The van der Waals surface area contributed by atoms with Crippen molar-refractivity contribution < 1.29 is 0 Å². The van der Waals surface area contributed by atoms with E-state index in [1.165, 1.54) is 49.8 Å². The van der Waals surface area contributed by atoms with Gasteiger partial charge in [-0.1, -0.05) is 81.4 Å². The number of benzene rings is 3. The Bertz CT molecular complexity index is 1230. The summed E-state index contributed by atoms with van der Waals surface area (Å²) in [5, 5.41) is 2.70. The van der Waals surface area contributed by atoms with E-state index in [9.17, 15) is 0 Å². The Labute approximate surface area is 160 Å². The lowest BCUT2D eigenvalue weighted by Gasteiger charge is -2.37. The van der Waals surface area contributed by atoms with Crippen LogP contribution in [0.5, 0.6) is 0 Å². The summed E-state index contributed by atoms with van der Waals surface area (Å²) in [6, 6.07) is 24.5. The number of aromatic nitrogens is 1. The lowest BCUT2D eigenvalue weighted by Crippen LogP contribution is -2.28. The predicted octanol–water partition coefficient (Wildman–Crippen LogP) is 7.06.